The minimum Gasteiger partial charge on any atom is -0.497 e. The van der Waals surface area contributed by atoms with Crippen molar-refractivity contribution < 1.29 is 4.74 Å². The second-order valence-electron chi connectivity index (χ2n) is 8.41. The van der Waals surface area contributed by atoms with Crippen LogP contribution in [0, 0.1) is 0 Å². The van der Waals surface area contributed by atoms with Gasteiger partial charge in [0, 0.05) is 39.8 Å². The Kier molecular flexibility index (Phi) is 9.24. The summed E-state index contributed by atoms with van der Waals surface area (Å²) in [5, 5.41) is 7.08. The SMILES string of the molecule is CN=C(NCCN1CCCN(C)CC1)NCC(c1cccc(OC)c1)N1CCCC1. The number of hydrogen-bond donors (Lipinski definition) is 2. The van der Waals surface area contributed by atoms with Gasteiger partial charge in [-0.15, -0.1) is 0 Å². The number of benzene rings is 1. The lowest BCUT2D eigenvalue weighted by Crippen LogP contribution is -2.45. The maximum absolute atomic E-state index is 5.46. The van der Waals surface area contributed by atoms with Gasteiger partial charge < -0.3 is 25.2 Å². The zero-order valence-corrected chi connectivity index (χ0v) is 19.1. The van der Waals surface area contributed by atoms with Gasteiger partial charge in [-0.1, -0.05) is 12.1 Å². The number of likely N-dealkylation sites (N-methyl/N-ethyl adjacent to an activating group) is 1. The van der Waals surface area contributed by atoms with Crippen LogP contribution >= 0.6 is 0 Å². The van der Waals surface area contributed by atoms with E-state index in [1.165, 1.54) is 37.9 Å². The third kappa shape index (κ3) is 6.86. The van der Waals surface area contributed by atoms with Crippen molar-refractivity contribution in [3.63, 3.8) is 0 Å². The third-order valence-corrected chi connectivity index (χ3v) is 6.28. The summed E-state index contributed by atoms with van der Waals surface area (Å²) in [6.45, 7) is 9.80. The molecule has 1 aromatic carbocycles. The summed E-state index contributed by atoms with van der Waals surface area (Å²) in [5.74, 6) is 1.80. The van der Waals surface area contributed by atoms with Crippen LogP contribution in [0.25, 0.3) is 0 Å². The molecule has 0 spiro atoms. The van der Waals surface area contributed by atoms with E-state index < -0.39 is 0 Å². The summed E-state index contributed by atoms with van der Waals surface area (Å²) >= 11 is 0. The molecule has 2 fully saturated rings. The summed E-state index contributed by atoms with van der Waals surface area (Å²) < 4.78 is 5.46. The van der Waals surface area contributed by atoms with Crippen LogP contribution < -0.4 is 15.4 Å². The van der Waals surface area contributed by atoms with Gasteiger partial charge in [-0.25, -0.2) is 0 Å². The van der Waals surface area contributed by atoms with Gasteiger partial charge in [-0.2, -0.15) is 0 Å². The Bertz CT molecular complexity index is 661. The van der Waals surface area contributed by atoms with E-state index in [2.05, 4.69) is 55.6 Å². The van der Waals surface area contributed by atoms with E-state index in [0.717, 1.165) is 57.5 Å². The summed E-state index contributed by atoms with van der Waals surface area (Å²) in [6, 6.07) is 8.79. The Balaban J connectivity index is 1.51. The molecule has 0 aliphatic carbocycles. The van der Waals surface area contributed by atoms with Crippen molar-refractivity contribution in [1.29, 1.82) is 0 Å². The molecule has 168 valence electrons. The van der Waals surface area contributed by atoms with Gasteiger partial charge in [0.25, 0.3) is 0 Å². The van der Waals surface area contributed by atoms with Crippen LogP contribution in [0.5, 0.6) is 5.75 Å². The zero-order valence-electron chi connectivity index (χ0n) is 19.1. The predicted molar refractivity (Wildman–Crippen MR) is 124 cm³/mol. The fourth-order valence-corrected chi connectivity index (χ4v) is 4.43. The first-order chi connectivity index (χ1) is 14.7. The molecule has 0 bridgehead atoms. The van der Waals surface area contributed by atoms with Gasteiger partial charge in [0.05, 0.1) is 13.2 Å². The molecule has 3 rings (SSSR count). The van der Waals surface area contributed by atoms with Crippen molar-refractivity contribution in [3.8, 4) is 5.75 Å². The van der Waals surface area contributed by atoms with E-state index in [1.54, 1.807) is 7.11 Å². The van der Waals surface area contributed by atoms with Gasteiger partial charge in [0.2, 0.25) is 0 Å². The smallest absolute Gasteiger partial charge is 0.191 e. The molecular weight excluding hydrogens is 376 g/mol. The highest BCUT2D eigenvalue weighted by molar-refractivity contribution is 5.79. The number of ether oxygens (including phenoxy) is 1. The van der Waals surface area contributed by atoms with E-state index >= 15 is 0 Å². The molecule has 0 aromatic heterocycles. The Labute approximate surface area is 182 Å². The van der Waals surface area contributed by atoms with Gasteiger partial charge in [-0.3, -0.25) is 9.89 Å². The lowest BCUT2D eigenvalue weighted by atomic mass is 10.1. The fraction of sp³-hybridized carbons (Fsp3) is 0.696. The molecule has 1 atom stereocenters. The Hall–Kier alpha value is -1.83. The van der Waals surface area contributed by atoms with Crippen LogP contribution in [0.2, 0.25) is 0 Å². The van der Waals surface area contributed by atoms with Crippen molar-refractivity contribution in [3.05, 3.63) is 29.8 Å². The fourth-order valence-electron chi connectivity index (χ4n) is 4.43. The van der Waals surface area contributed by atoms with Crippen LogP contribution in [0.1, 0.15) is 30.9 Å². The number of nitrogens with one attached hydrogen (secondary N) is 2. The normalized spacial score (nSPS) is 20.7. The molecule has 2 saturated heterocycles. The maximum atomic E-state index is 5.46. The number of methoxy groups -OCH3 is 1. The highest BCUT2D eigenvalue weighted by Crippen LogP contribution is 2.27. The first-order valence-electron chi connectivity index (χ1n) is 11.4. The van der Waals surface area contributed by atoms with Crippen LogP contribution in [0.4, 0.5) is 0 Å². The summed E-state index contributed by atoms with van der Waals surface area (Å²) in [5.41, 5.74) is 1.30. The van der Waals surface area contributed by atoms with Gasteiger partial charge in [-0.05, 0) is 70.2 Å². The molecule has 0 saturated carbocycles. The third-order valence-electron chi connectivity index (χ3n) is 6.28. The zero-order chi connectivity index (χ0) is 21.2. The molecule has 0 radical (unpaired) electrons. The van der Waals surface area contributed by atoms with Crippen molar-refractivity contribution in [2.45, 2.75) is 25.3 Å². The number of hydrogen-bond acceptors (Lipinski definition) is 5. The molecular formula is C23H40N6O. The summed E-state index contributed by atoms with van der Waals surface area (Å²) in [7, 11) is 5.80. The number of guanidine groups is 1. The standard InChI is InChI=1S/C23H40N6O/c1-24-23(25-10-15-28-12-7-11-27(2)16-17-28)26-19-22(29-13-4-5-14-29)20-8-6-9-21(18-20)30-3/h6,8-9,18,22H,4-5,7,10-17,19H2,1-3H3,(H2,24,25,26). The Morgan fingerprint density at radius 3 is 2.67 bits per heavy atom. The second kappa shape index (κ2) is 12.1. The van der Waals surface area contributed by atoms with Gasteiger partial charge >= 0.3 is 0 Å². The van der Waals surface area contributed by atoms with E-state index in [4.69, 9.17) is 4.74 Å². The highest BCUT2D eigenvalue weighted by atomic mass is 16.5. The number of aliphatic imine (C=N–C) groups is 1. The molecule has 2 heterocycles. The molecule has 1 aromatic rings. The Morgan fingerprint density at radius 2 is 1.90 bits per heavy atom. The van der Waals surface area contributed by atoms with Crippen LogP contribution in [0.15, 0.2) is 29.3 Å². The monoisotopic (exact) mass is 416 g/mol. The second-order valence-corrected chi connectivity index (χ2v) is 8.41. The number of rotatable bonds is 8. The molecule has 2 aliphatic rings. The van der Waals surface area contributed by atoms with Crippen molar-refractivity contribution >= 4 is 5.96 Å². The first-order valence-corrected chi connectivity index (χ1v) is 11.4. The molecule has 2 N–H and O–H groups in total. The largest absolute Gasteiger partial charge is 0.497 e. The van der Waals surface area contributed by atoms with E-state index in [0.29, 0.717) is 6.04 Å². The van der Waals surface area contributed by atoms with E-state index in [9.17, 15) is 0 Å². The maximum Gasteiger partial charge on any atom is 0.191 e. The molecule has 7 heteroatoms. The first kappa shape index (κ1) is 22.8. The summed E-state index contributed by atoms with van der Waals surface area (Å²) in [6.07, 6.45) is 3.80. The minimum atomic E-state index is 0.322. The molecule has 0 amide bonds. The van der Waals surface area contributed by atoms with Crippen LogP contribution in [0.3, 0.4) is 0 Å². The molecule has 1 unspecified atom stereocenters. The van der Waals surface area contributed by atoms with Crippen LogP contribution in [-0.2, 0) is 0 Å². The van der Waals surface area contributed by atoms with Crippen molar-refractivity contribution in [1.82, 2.24) is 25.3 Å². The summed E-state index contributed by atoms with van der Waals surface area (Å²) in [4.78, 5) is 12.0. The van der Waals surface area contributed by atoms with Crippen molar-refractivity contribution in [2.24, 2.45) is 4.99 Å². The van der Waals surface area contributed by atoms with Crippen LogP contribution in [-0.4, -0.2) is 101 Å². The minimum absolute atomic E-state index is 0.322. The van der Waals surface area contributed by atoms with Gasteiger partial charge in [0.1, 0.15) is 5.75 Å². The molecule has 30 heavy (non-hydrogen) atoms. The quantitative estimate of drug-likeness (QED) is 0.496. The lowest BCUT2D eigenvalue weighted by molar-refractivity contribution is 0.244. The Morgan fingerprint density at radius 1 is 1.07 bits per heavy atom. The molecule has 2 aliphatic heterocycles. The predicted octanol–water partition coefficient (Wildman–Crippen LogP) is 1.63. The average Bonchev–Trinajstić information content (AvgIpc) is 3.22. The van der Waals surface area contributed by atoms with Crippen molar-refractivity contribution in [2.75, 3.05) is 80.1 Å². The molecule has 7 nitrogen and oxygen atoms in total. The average molecular weight is 417 g/mol. The lowest BCUT2D eigenvalue weighted by Gasteiger charge is -2.29. The van der Waals surface area contributed by atoms with Gasteiger partial charge in [0.15, 0.2) is 5.96 Å². The highest BCUT2D eigenvalue weighted by Gasteiger charge is 2.24. The number of nitrogens with zero attached hydrogens (tertiary/aromatic N) is 4. The van der Waals surface area contributed by atoms with E-state index in [-0.39, 0.29) is 0 Å². The number of likely N-dealkylation sites (tertiary alicyclic amines) is 1. The van der Waals surface area contributed by atoms with E-state index in [1.807, 2.05) is 13.1 Å². The topological polar surface area (TPSA) is 55.4 Å².